The third-order valence-corrected chi connectivity index (χ3v) is 3.34. The molecule has 2 aliphatic carbocycles. The highest BCUT2D eigenvalue weighted by Gasteiger charge is 2.23. The van der Waals surface area contributed by atoms with Gasteiger partial charge < -0.3 is 5.32 Å². The van der Waals surface area contributed by atoms with E-state index in [1.807, 2.05) is 0 Å². The Balaban J connectivity index is 2.05. The average molecular weight is 173 g/mol. The molecule has 0 spiro atoms. The zero-order valence-electron chi connectivity index (χ0n) is 7.90. The molecule has 0 saturated carbocycles. The summed E-state index contributed by atoms with van der Waals surface area (Å²) in [6, 6.07) is 0. The monoisotopic (exact) mass is 173 g/mol. The molecule has 3 aliphatic rings. The maximum absolute atomic E-state index is 3.55. The molecule has 0 fully saturated rings. The van der Waals surface area contributed by atoms with Crippen LogP contribution < -0.4 is 5.32 Å². The molecule has 1 N–H and O–H groups in total. The van der Waals surface area contributed by atoms with Crippen molar-refractivity contribution >= 4 is 0 Å². The molecule has 13 heavy (non-hydrogen) atoms. The summed E-state index contributed by atoms with van der Waals surface area (Å²) in [6.45, 7) is 1.19. The van der Waals surface area contributed by atoms with Gasteiger partial charge in [-0.05, 0) is 43.3 Å². The Morgan fingerprint density at radius 3 is 3.15 bits per heavy atom. The van der Waals surface area contributed by atoms with Crippen molar-refractivity contribution in [3.63, 3.8) is 0 Å². The van der Waals surface area contributed by atoms with E-state index in [2.05, 4.69) is 17.5 Å². The first-order valence-corrected chi connectivity index (χ1v) is 5.30. The Morgan fingerprint density at radius 2 is 2.15 bits per heavy atom. The van der Waals surface area contributed by atoms with Gasteiger partial charge >= 0.3 is 0 Å². The van der Waals surface area contributed by atoms with Gasteiger partial charge in [0, 0.05) is 12.2 Å². The van der Waals surface area contributed by atoms with Crippen LogP contribution in [-0.4, -0.2) is 6.54 Å². The Labute approximate surface area is 79.2 Å². The van der Waals surface area contributed by atoms with Crippen LogP contribution in [0.2, 0.25) is 0 Å². The van der Waals surface area contributed by atoms with Crippen LogP contribution in [-0.2, 0) is 0 Å². The summed E-state index contributed by atoms with van der Waals surface area (Å²) in [7, 11) is 0. The van der Waals surface area contributed by atoms with Crippen LogP contribution >= 0.6 is 0 Å². The van der Waals surface area contributed by atoms with Gasteiger partial charge in [-0.2, -0.15) is 0 Å². The number of fused-ring (bicyclic) bond motifs is 1. The lowest BCUT2D eigenvalue weighted by atomic mass is 9.86. The third kappa shape index (κ3) is 1.06. The van der Waals surface area contributed by atoms with E-state index in [1.54, 1.807) is 16.7 Å². The molecule has 0 unspecified atom stereocenters. The summed E-state index contributed by atoms with van der Waals surface area (Å²) in [6.07, 6.45) is 11.0. The van der Waals surface area contributed by atoms with Gasteiger partial charge in [-0.25, -0.2) is 0 Å². The maximum Gasteiger partial charge on any atom is 0.0148 e. The number of rotatable bonds is 0. The van der Waals surface area contributed by atoms with E-state index in [-0.39, 0.29) is 0 Å². The molecule has 0 aromatic rings. The van der Waals surface area contributed by atoms with Crippen molar-refractivity contribution in [3.05, 3.63) is 34.6 Å². The number of nitrogens with one attached hydrogen (secondary N) is 1. The highest BCUT2D eigenvalue weighted by molar-refractivity contribution is 5.52. The van der Waals surface area contributed by atoms with Crippen molar-refractivity contribution in [2.75, 3.05) is 6.54 Å². The lowest BCUT2D eigenvalue weighted by Crippen LogP contribution is -2.24. The first-order chi connectivity index (χ1) is 6.45. The van der Waals surface area contributed by atoms with Gasteiger partial charge in [-0.15, -0.1) is 0 Å². The van der Waals surface area contributed by atoms with E-state index in [0.717, 1.165) is 0 Å². The van der Waals surface area contributed by atoms with Crippen molar-refractivity contribution in [2.24, 2.45) is 0 Å². The minimum Gasteiger partial charge on any atom is -0.388 e. The van der Waals surface area contributed by atoms with Gasteiger partial charge in [-0.1, -0.05) is 17.7 Å². The first-order valence-electron chi connectivity index (χ1n) is 5.30. The summed E-state index contributed by atoms with van der Waals surface area (Å²) in [5.74, 6) is 0. The van der Waals surface area contributed by atoms with Crippen LogP contribution in [0.3, 0.4) is 0 Å². The molecule has 1 heteroatoms. The van der Waals surface area contributed by atoms with Gasteiger partial charge in [0.25, 0.3) is 0 Å². The maximum atomic E-state index is 3.55. The Bertz CT molecular complexity index is 331. The molecule has 0 saturated heterocycles. The van der Waals surface area contributed by atoms with Crippen molar-refractivity contribution in [1.29, 1.82) is 0 Å². The van der Waals surface area contributed by atoms with E-state index in [0.29, 0.717) is 0 Å². The normalized spacial score (nSPS) is 25.8. The van der Waals surface area contributed by atoms with Crippen molar-refractivity contribution < 1.29 is 0 Å². The van der Waals surface area contributed by atoms with E-state index in [1.165, 1.54) is 44.3 Å². The third-order valence-electron chi connectivity index (χ3n) is 3.34. The number of hydrogen-bond acceptors (Lipinski definition) is 1. The highest BCUT2D eigenvalue weighted by atomic mass is 14.9. The summed E-state index contributed by atoms with van der Waals surface area (Å²) < 4.78 is 0. The molecule has 0 aromatic carbocycles. The quantitative estimate of drug-likeness (QED) is 0.594. The molecule has 0 aromatic heterocycles. The standard InChI is InChI=1S/C12H15N/c1-3-9-6-7-12-11(10(9)4-1)5-2-8-13-12/h1,4,13H,2-3,5-8H2. The predicted octanol–water partition coefficient (Wildman–Crippen LogP) is 2.67. The van der Waals surface area contributed by atoms with Crippen LogP contribution in [0, 0.1) is 0 Å². The zero-order valence-corrected chi connectivity index (χ0v) is 7.90. The Kier molecular flexibility index (Phi) is 1.58. The Hall–Kier alpha value is -0.980. The van der Waals surface area contributed by atoms with Crippen LogP contribution in [0.4, 0.5) is 0 Å². The van der Waals surface area contributed by atoms with Gasteiger partial charge in [0.15, 0.2) is 0 Å². The summed E-state index contributed by atoms with van der Waals surface area (Å²) >= 11 is 0. The molecule has 1 heterocycles. The fraction of sp³-hybridized carbons (Fsp3) is 0.500. The van der Waals surface area contributed by atoms with Crippen LogP contribution in [0.15, 0.2) is 34.6 Å². The molecule has 0 bridgehead atoms. The molecule has 3 rings (SSSR count). The fourth-order valence-corrected chi connectivity index (χ4v) is 2.67. The molecule has 68 valence electrons. The summed E-state index contributed by atoms with van der Waals surface area (Å²) in [5.41, 5.74) is 6.42. The van der Waals surface area contributed by atoms with Crippen LogP contribution in [0.1, 0.15) is 32.1 Å². The second-order valence-corrected chi connectivity index (χ2v) is 4.11. The second-order valence-electron chi connectivity index (χ2n) is 4.11. The molecule has 1 aliphatic heterocycles. The van der Waals surface area contributed by atoms with Gasteiger partial charge in [0.05, 0.1) is 0 Å². The molecule has 0 amide bonds. The Morgan fingerprint density at radius 1 is 1.15 bits per heavy atom. The summed E-state index contributed by atoms with van der Waals surface area (Å²) in [4.78, 5) is 0. The molecule has 1 nitrogen and oxygen atoms in total. The van der Waals surface area contributed by atoms with Gasteiger partial charge in [0.2, 0.25) is 0 Å². The average Bonchev–Trinajstić information content (AvgIpc) is 2.65. The number of hydrogen-bond donors (Lipinski definition) is 1. The zero-order chi connectivity index (χ0) is 8.67. The molecular weight excluding hydrogens is 158 g/mol. The summed E-state index contributed by atoms with van der Waals surface area (Å²) in [5, 5.41) is 3.55. The first kappa shape index (κ1) is 7.43. The van der Waals surface area contributed by atoms with Crippen molar-refractivity contribution in [2.45, 2.75) is 32.1 Å². The smallest absolute Gasteiger partial charge is 0.0148 e. The molecule has 0 radical (unpaired) electrons. The molecule has 0 atom stereocenters. The van der Waals surface area contributed by atoms with Gasteiger partial charge in [-0.3, -0.25) is 0 Å². The lowest BCUT2D eigenvalue weighted by molar-refractivity contribution is 0.621. The minimum atomic E-state index is 1.19. The highest BCUT2D eigenvalue weighted by Crippen LogP contribution is 2.38. The lowest BCUT2D eigenvalue weighted by Gasteiger charge is -2.27. The van der Waals surface area contributed by atoms with E-state index in [4.69, 9.17) is 0 Å². The SMILES string of the molecule is C1=CC2=C(C1)CCC1=C2CCCN1. The van der Waals surface area contributed by atoms with Crippen LogP contribution in [0.5, 0.6) is 0 Å². The fourth-order valence-electron chi connectivity index (χ4n) is 2.67. The molecular formula is C12H15N. The van der Waals surface area contributed by atoms with E-state index < -0.39 is 0 Å². The second kappa shape index (κ2) is 2.76. The van der Waals surface area contributed by atoms with Gasteiger partial charge in [0.1, 0.15) is 0 Å². The topological polar surface area (TPSA) is 12.0 Å². The number of allylic oxidation sites excluding steroid dienone is 6. The minimum absolute atomic E-state index is 1.19. The van der Waals surface area contributed by atoms with Crippen molar-refractivity contribution in [1.82, 2.24) is 5.32 Å². The van der Waals surface area contributed by atoms with Crippen LogP contribution in [0.25, 0.3) is 0 Å². The largest absolute Gasteiger partial charge is 0.388 e. The van der Waals surface area contributed by atoms with E-state index >= 15 is 0 Å². The van der Waals surface area contributed by atoms with E-state index in [9.17, 15) is 0 Å². The predicted molar refractivity (Wildman–Crippen MR) is 54.3 cm³/mol. The van der Waals surface area contributed by atoms with Crippen molar-refractivity contribution in [3.8, 4) is 0 Å².